The number of hydrogen-bond acceptors (Lipinski definition) is 5. The van der Waals surface area contributed by atoms with E-state index in [0.29, 0.717) is 10.7 Å². The molecule has 0 saturated heterocycles. The van der Waals surface area contributed by atoms with E-state index in [4.69, 9.17) is 11.6 Å². The van der Waals surface area contributed by atoms with E-state index >= 15 is 0 Å². The zero-order valence-electron chi connectivity index (χ0n) is 12.2. The monoisotopic (exact) mass is 348 g/mol. The summed E-state index contributed by atoms with van der Waals surface area (Å²) in [5.41, 5.74) is 0.635. The lowest BCUT2D eigenvalue weighted by Crippen LogP contribution is -2.19. The highest BCUT2D eigenvalue weighted by Crippen LogP contribution is 2.34. The maximum Gasteiger partial charge on any atom is 0.246 e. The molecule has 23 heavy (non-hydrogen) atoms. The van der Waals surface area contributed by atoms with Crippen LogP contribution in [0.3, 0.4) is 0 Å². The van der Waals surface area contributed by atoms with Gasteiger partial charge in [0.05, 0.1) is 5.69 Å². The van der Waals surface area contributed by atoms with Crippen LogP contribution in [0.2, 0.25) is 5.02 Å². The summed E-state index contributed by atoms with van der Waals surface area (Å²) < 4.78 is 3.35. The molecular weight excluding hydrogens is 336 g/mol. The molecule has 0 aliphatic rings. The predicted molar refractivity (Wildman–Crippen MR) is 87.4 cm³/mol. The number of carbonyl (C=O) groups is 1. The van der Waals surface area contributed by atoms with Crippen LogP contribution in [0.15, 0.2) is 53.3 Å². The third kappa shape index (κ3) is 3.91. The summed E-state index contributed by atoms with van der Waals surface area (Å²) in [6, 6.07) is 5.35. The number of amides is 1. The fraction of sp³-hybridized carbons (Fsp3) is 0.143. The SMILES string of the molecule is Cn1ccnc1Sc1ccc(Cl)cc1NC(=O)Cn1cncn1. The van der Waals surface area contributed by atoms with Crippen molar-refractivity contribution in [1.29, 1.82) is 0 Å². The average molecular weight is 349 g/mol. The van der Waals surface area contributed by atoms with E-state index in [2.05, 4.69) is 20.4 Å². The van der Waals surface area contributed by atoms with Crippen LogP contribution in [0.25, 0.3) is 0 Å². The van der Waals surface area contributed by atoms with Crippen molar-refractivity contribution < 1.29 is 4.79 Å². The zero-order chi connectivity index (χ0) is 16.2. The molecule has 118 valence electrons. The maximum atomic E-state index is 12.1. The quantitative estimate of drug-likeness (QED) is 0.766. The van der Waals surface area contributed by atoms with Gasteiger partial charge in [0.25, 0.3) is 0 Å². The van der Waals surface area contributed by atoms with Gasteiger partial charge in [0.2, 0.25) is 5.91 Å². The van der Waals surface area contributed by atoms with E-state index in [0.717, 1.165) is 10.1 Å². The molecule has 0 atom stereocenters. The van der Waals surface area contributed by atoms with Gasteiger partial charge in [-0.05, 0) is 30.0 Å². The number of imidazole rings is 1. The van der Waals surface area contributed by atoms with E-state index in [9.17, 15) is 4.79 Å². The second-order valence-electron chi connectivity index (χ2n) is 4.70. The number of anilines is 1. The largest absolute Gasteiger partial charge is 0.329 e. The topological polar surface area (TPSA) is 77.6 Å². The second kappa shape index (κ2) is 6.84. The van der Waals surface area contributed by atoms with E-state index in [1.54, 1.807) is 18.3 Å². The van der Waals surface area contributed by atoms with Crippen molar-refractivity contribution in [1.82, 2.24) is 24.3 Å². The first-order valence-electron chi connectivity index (χ1n) is 6.69. The van der Waals surface area contributed by atoms with Gasteiger partial charge in [0.15, 0.2) is 5.16 Å². The van der Waals surface area contributed by atoms with E-state index in [1.807, 2.05) is 23.9 Å². The molecule has 0 fully saturated rings. The Hall–Kier alpha value is -2.32. The van der Waals surface area contributed by atoms with E-state index in [-0.39, 0.29) is 12.5 Å². The van der Waals surface area contributed by atoms with Gasteiger partial charge < -0.3 is 9.88 Å². The van der Waals surface area contributed by atoms with Crippen molar-refractivity contribution in [2.45, 2.75) is 16.6 Å². The molecule has 9 heteroatoms. The number of nitrogens with zero attached hydrogens (tertiary/aromatic N) is 5. The van der Waals surface area contributed by atoms with Crippen LogP contribution in [0.5, 0.6) is 0 Å². The summed E-state index contributed by atoms with van der Waals surface area (Å²) in [4.78, 5) is 21.1. The minimum atomic E-state index is -0.209. The third-order valence-corrected chi connectivity index (χ3v) is 4.35. The van der Waals surface area contributed by atoms with Crippen LogP contribution in [0.1, 0.15) is 0 Å². The van der Waals surface area contributed by atoms with E-state index < -0.39 is 0 Å². The fourth-order valence-corrected chi connectivity index (χ4v) is 2.93. The number of aromatic nitrogens is 5. The van der Waals surface area contributed by atoms with Crippen molar-refractivity contribution in [2.75, 3.05) is 5.32 Å². The first-order valence-corrected chi connectivity index (χ1v) is 7.88. The van der Waals surface area contributed by atoms with Gasteiger partial charge in [-0.25, -0.2) is 14.6 Å². The average Bonchev–Trinajstić information content (AvgIpc) is 3.14. The molecule has 0 spiro atoms. The predicted octanol–water partition coefficient (Wildman–Crippen LogP) is 2.45. The van der Waals surface area contributed by atoms with Gasteiger partial charge in [-0.1, -0.05) is 11.6 Å². The minimum absolute atomic E-state index is 0.0824. The number of benzene rings is 1. The lowest BCUT2D eigenvalue weighted by molar-refractivity contribution is -0.116. The Kier molecular flexibility index (Phi) is 4.63. The zero-order valence-corrected chi connectivity index (χ0v) is 13.8. The molecule has 7 nitrogen and oxygen atoms in total. The van der Waals surface area contributed by atoms with Crippen molar-refractivity contribution in [3.05, 3.63) is 48.3 Å². The number of aryl methyl sites for hydroxylation is 1. The standard InChI is InChI=1S/C14H13ClN6OS/c1-20-5-4-17-14(20)23-12-3-2-10(15)6-11(12)19-13(22)7-21-9-16-8-18-21/h2-6,8-9H,7H2,1H3,(H,19,22). The lowest BCUT2D eigenvalue weighted by atomic mass is 10.3. The lowest BCUT2D eigenvalue weighted by Gasteiger charge is -2.11. The van der Waals surface area contributed by atoms with Crippen molar-refractivity contribution in [3.63, 3.8) is 0 Å². The minimum Gasteiger partial charge on any atom is -0.329 e. The van der Waals surface area contributed by atoms with Crippen LogP contribution in [0, 0.1) is 0 Å². The van der Waals surface area contributed by atoms with Gasteiger partial charge >= 0.3 is 0 Å². The number of rotatable bonds is 5. The van der Waals surface area contributed by atoms with Crippen molar-refractivity contribution >= 4 is 35.0 Å². The Labute approximate surface area is 141 Å². The third-order valence-electron chi connectivity index (χ3n) is 2.97. The Morgan fingerprint density at radius 1 is 1.43 bits per heavy atom. The number of nitrogens with one attached hydrogen (secondary N) is 1. The van der Waals surface area contributed by atoms with Crippen LogP contribution in [-0.2, 0) is 18.4 Å². The van der Waals surface area contributed by atoms with Gasteiger partial charge in [-0.15, -0.1) is 0 Å². The number of halogens is 1. The van der Waals surface area contributed by atoms with Gasteiger partial charge in [0.1, 0.15) is 19.2 Å². The molecular formula is C14H13ClN6OS. The van der Waals surface area contributed by atoms with Gasteiger partial charge in [0, 0.05) is 29.4 Å². The van der Waals surface area contributed by atoms with Gasteiger partial charge in [-0.2, -0.15) is 5.10 Å². The maximum absolute atomic E-state index is 12.1. The first kappa shape index (κ1) is 15.6. The van der Waals surface area contributed by atoms with Crippen LogP contribution >= 0.6 is 23.4 Å². The molecule has 1 amide bonds. The molecule has 1 aromatic carbocycles. The molecule has 0 aliphatic heterocycles. The van der Waals surface area contributed by atoms with Crippen molar-refractivity contribution in [3.8, 4) is 0 Å². The smallest absolute Gasteiger partial charge is 0.246 e. The number of carbonyl (C=O) groups excluding carboxylic acids is 1. The first-order chi connectivity index (χ1) is 11.1. The highest BCUT2D eigenvalue weighted by Gasteiger charge is 2.12. The molecule has 3 aromatic rings. The molecule has 0 saturated carbocycles. The van der Waals surface area contributed by atoms with Gasteiger partial charge in [-0.3, -0.25) is 4.79 Å². The summed E-state index contributed by atoms with van der Waals surface area (Å²) in [5.74, 6) is -0.209. The summed E-state index contributed by atoms with van der Waals surface area (Å²) in [6.45, 7) is 0.0824. The Bertz CT molecular complexity index is 817. The summed E-state index contributed by atoms with van der Waals surface area (Å²) in [7, 11) is 1.91. The molecule has 2 aromatic heterocycles. The molecule has 0 aliphatic carbocycles. The highest BCUT2D eigenvalue weighted by molar-refractivity contribution is 7.99. The summed E-state index contributed by atoms with van der Waals surface area (Å²) in [6.07, 6.45) is 6.46. The second-order valence-corrected chi connectivity index (χ2v) is 6.15. The Balaban J connectivity index is 1.78. The molecule has 1 N–H and O–H groups in total. The van der Waals surface area contributed by atoms with Crippen molar-refractivity contribution in [2.24, 2.45) is 7.05 Å². The fourth-order valence-electron chi connectivity index (χ4n) is 1.89. The molecule has 2 heterocycles. The van der Waals surface area contributed by atoms with Crippen LogP contribution in [-0.4, -0.2) is 30.2 Å². The normalized spacial score (nSPS) is 10.7. The summed E-state index contributed by atoms with van der Waals surface area (Å²) >= 11 is 7.50. The molecule has 0 radical (unpaired) electrons. The Morgan fingerprint density at radius 2 is 2.30 bits per heavy atom. The Morgan fingerprint density at radius 3 is 3.00 bits per heavy atom. The van der Waals surface area contributed by atoms with Crippen LogP contribution < -0.4 is 5.32 Å². The molecule has 0 bridgehead atoms. The van der Waals surface area contributed by atoms with Crippen LogP contribution in [0.4, 0.5) is 5.69 Å². The number of hydrogen-bond donors (Lipinski definition) is 1. The molecule has 0 unspecified atom stereocenters. The molecule has 3 rings (SSSR count). The summed E-state index contributed by atoms with van der Waals surface area (Å²) in [5, 5.41) is 8.13. The van der Waals surface area contributed by atoms with E-state index in [1.165, 1.54) is 29.1 Å². The highest BCUT2D eigenvalue weighted by atomic mass is 35.5.